The zero-order valence-corrected chi connectivity index (χ0v) is 51.3. The number of aliphatic hydroxyl groups excluding tert-OH is 3. The monoisotopic (exact) mass is 1200 g/mol. The van der Waals surface area contributed by atoms with E-state index in [2.05, 4.69) is 53.2 Å². The molecular weight excluding hydrogens is 1100 g/mol. The van der Waals surface area contributed by atoms with E-state index in [1.807, 2.05) is 48.5 Å². The Balaban J connectivity index is 2.17. The third kappa shape index (κ3) is 23.8. The Morgan fingerprint density at radius 2 is 1.07 bits per heavy atom. The third-order valence-corrected chi connectivity index (χ3v) is 15.3. The Labute approximate surface area is 500 Å². The number of unbranched alkanes of at least 4 members (excludes halogenated alkanes) is 2. The minimum atomic E-state index is -1.52. The van der Waals surface area contributed by atoms with Crippen LogP contribution in [0.3, 0.4) is 0 Å². The summed E-state index contributed by atoms with van der Waals surface area (Å²) >= 11 is 0. The Hall–Kier alpha value is -6.99. The fourth-order valence-corrected chi connectivity index (χ4v) is 10.1. The lowest BCUT2D eigenvalue weighted by Gasteiger charge is -2.31. The molecule has 0 radical (unpaired) electrons. The van der Waals surface area contributed by atoms with Gasteiger partial charge in [0.05, 0.1) is 12.6 Å². The van der Waals surface area contributed by atoms with E-state index in [1.165, 1.54) is 13.0 Å². The summed E-state index contributed by atoms with van der Waals surface area (Å²) in [5.74, 6) is -10.0. The number of fused-ring (bicyclic) bond motifs is 1. The molecule has 0 saturated carbocycles. The molecule has 12 atom stereocenters. The first-order chi connectivity index (χ1) is 40.3. The maximum atomic E-state index is 14.6. The predicted molar refractivity (Wildman–Crippen MR) is 317 cm³/mol. The topological polar surface area (TPSA) is 372 Å². The molecule has 1 aromatic carbocycles. The second-order valence-corrected chi connectivity index (χ2v) is 23.3. The van der Waals surface area contributed by atoms with Gasteiger partial charge < -0.3 is 73.4 Å². The van der Waals surface area contributed by atoms with Gasteiger partial charge in [-0.05, 0) is 68.3 Å². The van der Waals surface area contributed by atoms with Crippen LogP contribution in [0, 0.1) is 23.7 Å². The van der Waals surface area contributed by atoms with Crippen molar-refractivity contribution in [3.63, 3.8) is 0 Å². The molecule has 2 fully saturated rings. The molecule has 2 aliphatic heterocycles. The van der Waals surface area contributed by atoms with Crippen molar-refractivity contribution in [1.82, 2.24) is 58.1 Å². The fraction of sp³-hybridized carbons (Fsp3) is 0.683. The van der Waals surface area contributed by atoms with Gasteiger partial charge in [0.25, 0.3) is 5.91 Å². The fourth-order valence-electron chi connectivity index (χ4n) is 10.1. The van der Waals surface area contributed by atoms with Crippen LogP contribution in [-0.4, -0.2) is 172 Å². The van der Waals surface area contributed by atoms with Gasteiger partial charge in [-0.1, -0.05) is 131 Å². The summed E-state index contributed by atoms with van der Waals surface area (Å²) in [4.78, 5) is 157. The van der Waals surface area contributed by atoms with Crippen molar-refractivity contribution in [1.29, 1.82) is 0 Å². The molecule has 85 heavy (non-hydrogen) atoms. The zero-order valence-electron chi connectivity index (χ0n) is 51.3. The lowest BCUT2D eigenvalue weighted by Crippen LogP contribution is -2.62. The Bertz CT molecular complexity index is 2440. The van der Waals surface area contributed by atoms with E-state index in [1.54, 1.807) is 44.2 Å². The smallest absolute Gasteiger partial charge is 0.270 e. The van der Waals surface area contributed by atoms with Crippen LogP contribution in [0.25, 0.3) is 0 Å². The first-order valence-electron chi connectivity index (χ1n) is 30.2. The maximum absolute atomic E-state index is 14.6. The molecule has 0 bridgehead atoms. The Morgan fingerprint density at radius 1 is 0.565 bits per heavy atom. The number of hydrogen-bond acceptors (Lipinski definition) is 14. The number of nitrogens with one attached hydrogen (secondary N) is 10. The molecule has 0 unspecified atom stereocenters. The first-order valence-corrected chi connectivity index (χ1v) is 30.2. The second kappa shape index (κ2) is 36.8. The molecule has 1 aromatic rings. The van der Waals surface area contributed by atoms with Crippen LogP contribution >= 0.6 is 0 Å². The predicted octanol–water partition coefficient (Wildman–Crippen LogP) is 0.139. The molecule has 0 spiro atoms. The van der Waals surface area contributed by atoms with E-state index < -0.39 is 157 Å². The highest BCUT2D eigenvalue weighted by atomic mass is 16.3. The number of amides is 11. The minimum absolute atomic E-state index is 0.0703. The van der Waals surface area contributed by atoms with Crippen LogP contribution < -0.4 is 53.2 Å². The molecule has 2 heterocycles. The average Bonchev–Trinajstić information content (AvgIpc) is 3.93. The summed E-state index contributed by atoms with van der Waals surface area (Å²) in [6.07, 6.45) is 2.09. The molecule has 3 rings (SSSR count). The van der Waals surface area contributed by atoms with Crippen molar-refractivity contribution in [3.8, 4) is 0 Å². The second-order valence-electron chi connectivity index (χ2n) is 23.3. The molecule has 2 saturated heterocycles. The van der Waals surface area contributed by atoms with Crippen molar-refractivity contribution in [2.45, 2.75) is 213 Å². The molecule has 2 aliphatic rings. The number of allylic oxidation sites excluding steroid dienone is 1. The molecule has 25 nitrogen and oxygen atoms in total. The van der Waals surface area contributed by atoms with Crippen molar-refractivity contribution in [3.05, 3.63) is 47.7 Å². The van der Waals surface area contributed by atoms with Gasteiger partial charge in [-0.2, -0.15) is 0 Å². The number of rotatable bonds is 18. The van der Waals surface area contributed by atoms with E-state index >= 15 is 0 Å². The molecule has 11 amide bonds. The van der Waals surface area contributed by atoms with Crippen LogP contribution in [0.1, 0.15) is 152 Å². The van der Waals surface area contributed by atoms with Crippen LogP contribution in [0.5, 0.6) is 0 Å². The average molecular weight is 1200 g/mol. The lowest BCUT2D eigenvalue weighted by molar-refractivity contribution is -0.139. The number of carbonyl (C=O) groups is 11. The molecule has 476 valence electrons. The van der Waals surface area contributed by atoms with E-state index in [0.29, 0.717) is 31.2 Å². The summed E-state index contributed by atoms with van der Waals surface area (Å²) < 4.78 is 0. The summed E-state index contributed by atoms with van der Waals surface area (Å²) in [6.45, 7) is 15.7. The summed E-state index contributed by atoms with van der Waals surface area (Å²) in [7, 11) is 0. The Morgan fingerprint density at radius 3 is 1.62 bits per heavy atom. The van der Waals surface area contributed by atoms with Crippen molar-refractivity contribution in [2.75, 3.05) is 26.3 Å². The standard InChI is InChI=1S/C60H97N11O14/c1-11-15-17-22-39-30-48(75)63-42(23-25-72)53(78)64-41(14-4)60(85)71-33-40(74)31-47(71)57(82)65-43(24-26-73)54(79)67-46(29-38-20-18-16-19-21-38)55(80)66-45(28-35(7)8)56(81)69-51(37(10)13-3)59(84)70-50(36(9)12-2)58(83)68-44(27-34(5)6)52(77)61-32-49(76)62-39/h14,16,18-21,34-37,39-40,42-47,50-51,72-74H,11-13,15,17,22-33H2,1-10H3,(H,61,77)(H,62,76)(H,63,75)(H,64,78)(H,65,82)(H,66,80)(H,67,79)(H,68,83)(H,69,81)(H,70,84)/t36-,37-,39+,40+,42-,43-,44-,45+,46+,47-,50+,51-/m0/s1. The van der Waals surface area contributed by atoms with Gasteiger partial charge in [0.2, 0.25) is 59.1 Å². The number of hydrogen-bond donors (Lipinski definition) is 13. The largest absolute Gasteiger partial charge is 0.396 e. The first kappa shape index (κ1) is 72.3. The summed E-state index contributed by atoms with van der Waals surface area (Å²) in [5.41, 5.74) is 0.241. The number of carbonyl (C=O) groups excluding carboxylic acids is 11. The van der Waals surface area contributed by atoms with Crippen LogP contribution in [0.4, 0.5) is 0 Å². The van der Waals surface area contributed by atoms with Gasteiger partial charge in [0.1, 0.15) is 54.0 Å². The maximum Gasteiger partial charge on any atom is 0.270 e. The van der Waals surface area contributed by atoms with Crippen LogP contribution in [0.2, 0.25) is 0 Å². The normalized spacial score (nSPS) is 27.0. The van der Waals surface area contributed by atoms with Gasteiger partial charge in [0, 0.05) is 45.1 Å². The summed E-state index contributed by atoms with van der Waals surface area (Å²) in [6, 6.07) is -2.83. The van der Waals surface area contributed by atoms with E-state index in [4.69, 9.17) is 0 Å². The van der Waals surface area contributed by atoms with Crippen molar-refractivity contribution < 1.29 is 68.1 Å². The highest BCUT2D eigenvalue weighted by molar-refractivity contribution is 6.02. The Kier molecular flexibility index (Phi) is 31.3. The number of aliphatic hydroxyl groups is 3. The van der Waals surface area contributed by atoms with Gasteiger partial charge >= 0.3 is 0 Å². The molecule has 25 heteroatoms. The van der Waals surface area contributed by atoms with E-state index in [0.717, 1.165) is 17.7 Å². The quantitative estimate of drug-likeness (QED) is 0.0687. The van der Waals surface area contributed by atoms with Crippen molar-refractivity contribution >= 4 is 65.0 Å². The van der Waals surface area contributed by atoms with Gasteiger partial charge in [-0.25, -0.2) is 0 Å². The van der Waals surface area contributed by atoms with Crippen LogP contribution in [0.15, 0.2) is 42.1 Å². The number of nitrogens with zero attached hydrogens (tertiary/aromatic N) is 1. The molecule has 13 N–H and O–H groups in total. The number of benzene rings is 1. The third-order valence-electron chi connectivity index (χ3n) is 15.3. The molecule has 0 aliphatic carbocycles. The van der Waals surface area contributed by atoms with Crippen LogP contribution in [-0.2, 0) is 59.2 Å². The van der Waals surface area contributed by atoms with Gasteiger partial charge in [-0.3, -0.25) is 52.7 Å². The molecular formula is C60H97N11O14. The minimum Gasteiger partial charge on any atom is -0.396 e. The molecule has 0 aromatic heterocycles. The highest BCUT2D eigenvalue weighted by Gasteiger charge is 2.42. The lowest BCUT2D eigenvalue weighted by atomic mass is 9.93. The highest BCUT2D eigenvalue weighted by Crippen LogP contribution is 2.22. The van der Waals surface area contributed by atoms with E-state index in [9.17, 15) is 68.1 Å². The van der Waals surface area contributed by atoms with Gasteiger partial charge in [0.15, 0.2) is 0 Å². The SMILES string of the molecule is CC=C1NC(=O)[C@H](CCO)NC(=O)C[C@@H](CCCCC)NC(=O)CNC(=O)[C@H](CC(C)C)NC(=O)[C@@H]([C@@H](C)CC)NC(=O)[C@H]([C@@H](C)CC)NC(=O)[C@@H](CC(C)C)NC(=O)[C@@H](Cc2ccccc2)NC(=O)[C@H](CCO)NC(=O)[C@@H]2C[C@@H](O)CN2C1=O. The zero-order chi connectivity index (χ0) is 63.5. The van der Waals surface area contributed by atoms with Gasteiger partial charge in [-0.15, -0.1) is 0 Å². The van der Waals surface area contributed by atoms with E-state index in [-0.39, 0.29) is 69.0 Å². The van der Waals surface area contributed by atoms with Crippen molar-refractivity contribution in [2.24, 2.45) is 23.7 Å². The summed E-state index contributed by atoms with van der Waals surface area (Å²) in [5, 5.41) is 57.9.